The number of fused-ring (bicyclic) bond motifs is 2. The van der Waals surface area contributed by atoms with Crippen LogP contribution in [0.2, 0.25) is 0 Å². The first-order chi connectivity index (χ1) is 11.8. The maximum atomic E-state index is 11.2. The Morgan fingerprint density at radius 2 is 2.12 bits per heavy atom. The zero-order chi connectivity index (χ0) is 16.4. The maximum Gasteiger partial charge on any atom is 0.0832 e. The second kappa shape index (κ2) is 6.63. The van der Waals surface area contributed by atoms with E-state index in [0.29, 0.717) is 0 Å². The lowest BCUT2D eigenvalue weighted by Crippen LogP contribution is -2.48. The molecule has 3 N–H and O–H groups in total. The molecule has 6 heteroatoms. The summed E-state index contributed by atoms with van der Waals surface area (Å²) in [5.41, 5.74) is 2.52. The van der Waals surface area contributed by atoms with Crippen molar-refractivity contribution in [3.05, 3.63) is 47.8 Å². The van der Waals surface area contributed by atoms with Crippen molar-refractivity contribution in [2.24, 2.45) is 0 Å². The molecule has 0 radical (unpaired) electrons. The van der Waals surface area contributed by atoms with E-state index < -0.39 is 0 Å². The van der Waals surface area contributed by atoms with Gasteiger partial charge >= 0.3 is 0 Å². The minimum absolute atomic E-state index is 0.0232. The Morgan fingerprint density at radius 3 is 2.92 bits per heavy atom. The van der Waals surface area contributed by atoms with Crippen molar-refractivity contribution in [2.45, 2.75) is 43.4 Å². The van der Waals surface area contributed by atoms with E-state index in [-0.39, 0.29) is 17.6 Å². The Morgan fingerprint density at radius 1 is 1.29 bits per heavy atom. The third kappa shape index (κ3) is 2.64. The summed E-state index contributed by atoms with van der Waals surface area (Å²) in [5.74, 6) is 0. The molecule has 24 heavy (non-hydrogen) atoms. The monoisotopic (exact) mass is 327 g/mol. The van der Waals surface area contributed by atoms with Gasteiger partial charge in [0.05, 0.1) is 18.3 Å². The van der Waals surface area contributed by atoms with Crippen molar-refractivity contribution in [1.29, 1.82) is 0 Å². The largest absolute Gasteiger partial charge is 0.390 e. The number of rotatable bonds is 5. The van der Waals surface area contributed by atoms with Crippen LogP contribution < -0.4 is 10.6 Å². The lowest BCUT2D eigenvalue weighted by atomic mass is 9.72. The zero-order valence-electron chi connectivity index (χ0n) is 13.9. The Kier molecular flexibility index (Phi) is 4.35. The highest BCUT2D eigenvalue weighted by atomic mass is 16.3. The standard InChI is InChI=1S/C18H25N5O/c24-17-16(20-8-3-12-23-13-11-21-22-23)14-4-1-2-5-15(14)18(17)6-9-19-10-7-18/h1-2,4-5,11,13,16-17,19-20,24H,3,6-10,12H2/t16-,17+/m0/s1. The second-order valence-corrected chi connectivity index (χ2v) is 6.89. The summed E-state index contributed by atoms with van der Waals surface area (Å²) in [6, 6.07) is 8.58. The summed E-state index contributed by atoms with van der Waals surface area (Å²) < 4.78 is 1.84. The lowest BCUT2D eigenvalue weighted by Gasteiger charge is -2.39. The van der Waals surface area contributed by atoms with E-state index in [1.807, 2.05) is 10.9 Å². The van der Waals surface area contributed by atoms with Gasteiger partial charge in [-0.1, -0.05) is 29.5 Å². The van der Waals surface area contributed by atoms with Gasteiger partial charge in [-0.3, -0.25) is 4.68 Å². The molecule has 0 saturated carbocycles. The van der Waals surface area contributed by atoms with Crippen LogP contribution in [0.15, 0.2) is 36.7 Å². The Hall–Kier alpha value is -1.76. The molecule has 128 valence electrons. The third-order valence-electron chi connectivity index (χ3n) is 5.61. The molecule has 1 aliphatic carbocycles. The van der Waals surface area contributed by atoms with Gasteiger partial charge in [-0.15, -0.1) is 5.10 Å². The van der Waals surface area contributed by atoms with Crippen LogP contribution in [0.1, 0.15) is 36.4 Å². The normalized spacial score (nSPS) is 25.0. The number of hydrogen-bond acceptors (Lipinski definition) is 5. The average molecular weight is 327 g/mol. The molecule has 4 rings (SSSR count). The molecule has 0 bridgehead atoms. The summed E-state index contributed by atoms with van der Waals surface area (Å²) >= 11 is 0. The molecule has 1 aliphatic heterocycles. The van der Waals surface area contributed by atoms with E-state index in [0.717, 1.165) is 45.4 Å². The molecule has 0 unspecified atom stereocenters. The fourth-order valence-corrected chi connectivity index (χ4v) is 4.38. The van der Waals surface area contributed by atoms with E-state index >= 15 is 0 Å². The summed E-state index contributed by atoms with van der Waals surface area (Å²) in [7, 11) is 0. The van der Waals surface area contributed by atoms with Crippen molar-refractivity contribution in [3.8, 4) is 0 Å². The summed E-state index contributed by atoms with van der Waals surface area (Å²) in [6.45, 7) is 3.64. The minimum atomic E-state index is -0.358. The SMILES string of the molecule is O[C@@H]1[C@@H](NCCCn2ccnn2)c2ccccc2C12CCNCC2. The molecule has 1 aromatic carbocycles. The second-order valence-electron chi connectivity index (χ2n) is 6.89. The first-order valence-electron chi connectivity index (χ1n) is 8.87. The summed E-state index contributed by atoms with van der Waals surface area (Å²) in [5, 5.41) is 26.0. The van der Waals surface area contributed by atoms with E-state index in [4.69, 9.17) is 0 Å². The molecular formula is C18H25N5O. The van der Waals surface area contributed by atoms with E-state index in [1.165, 1.54) is 11.1 Å². The highest BCUT2D eigenvalue weighted by Gasteiger charge is 2.51. The zero-order valence-corrected chi connectivity index (χ0v) is 13.9. The van der Waals surface area contributed by atoms with Gasteiger partial charge in [0.1, 0.15) is 0 Å². The van der Waals surface area contributed by atoms with Crippen LogP contribution in [0.4, 0.5) is 0 Å². The first kappa shape index (κ1) is 15.7. The summed E-state index contributed by atoms with van der Waals surface area (Å²) in [4.78, 5) is 0. The van der Waals surface area contributed by atoms with Gasteiger partial charge in [0.25, 0.3) is 0 Å². The van der Waals surface area contributed by atoms with Crippen molar-refractivity contribution in [1.82, 2.24) is 25.6 Å². The van der Waals surface area contributed by atoms with Gasteiger partial charge in [0.2, 0.25) is 0 Å². The Labute approximate surface area is 142 Å². The van der Waals surface area contributed by atoms with Crippen LogP contribution in [-0.2, 0) is 12.0 Å². The number of nitrogens with zero attached hydrogens (tertiary/aromatic N) is 3. The van der Waals surface area contributed by atoms with Crippen molar-refractivity contribution in [3.63, 3.8) is 0 Å². The summed E-state index contributed by atoms with van der Waals surface area (Å²) in [6.07, 6.45) is 6.19. The first-order valence-corrected chi connectivity index (χ1v) is 8.87. The quantitative estimate of drug-likeness (QED) is 0.714. The lowest BCUT2D eigenvalue weighted by molar-refractivity contribution is 0.0443. The number of aliphatic hydroxyl groups is 1. The average Bonchev–Trinajstić information content (AvgIpc) is 3.21. The highest BCUT2D eigenvalue weighted by Crippen LogP contribution is 2.49. The van der Waals surface area contributed by atoms with E-state index in [1.54, 1.807) is 6.20 Å². The predicted molar refractivity (Wildman–Crippen MR) is 91.6 cm³/mol. The Bertz CT molecular complexity index is 666. The number of hydrogen-bond donors (Lipinski definition) is 3. The van der Waals surface area contributed by atoms with Gasteiger partial charge in [-0.2, -0.15) is 0 Å². The minimum Gasteiger partial charge on any atom is -0.390 e. The number of piperidine rings is 1. The molecule has 1 saturated heterocycles. The van der Waals surface area contributed by atoms with Crippen LogP contribution in [0.25, 0.3) is 0 Å². The Balaban J connectivity index is 1.47. The molecule has 2 aliphatic rings. The maximum absolute atomic E-state index is 11.2. The van der Waals surface area contributed by atoms with Crippen LogP contribution in [0, 0.1) is 0 Å². The van der Waals surface area contributed by atoms with Gasteiger partial charge in [0.15, 0.2) is 0 Å². The van der Waals surface area contributed by atoms with Gasteiger partial charge in [-0.05, 0) is 50.0 Å². The van der Waals surface area contributed by atoms with Crippen LogP contribution in [-0.4, -0.2) is 45.8 Å². The van der Waals surface area contributed by atoms with Crippen molar-refractivity contribution in [2.75, 3.05) is 19.6 Å². The molecule has 2 aromatic rings. The van der Waals surface area contributed by atoms with Crippen molar-refractivity contribution >= 4 is 0 Å². The number of nitrogens with one attached hydrogen (secondary N) is 2. The molecule has 1 aromatic heterocycles. The smallest absolute Gasteiger partial charge is 0.0832 e. The van der Waals surface area contributed by atoms with Crippen LogP contribution in [0.5, 0.6) is 0 Å². The molecule has 0 amide bonds. The highest BCUT2D eigenvalue weighted by molar-refractivity contribution is 5.45. The third-order valence-corrected chi connectivity index (χ3v) is 5.61. The molecule has 2 heterocycles. The number of aliphatic hydroxyl groups excluding tert-OH is 1. The number of aryl methyl sites for hydroxylation is 1. The molecular weight excluding hydrogens is 302 g/mol. The molecule has 1 spiro atoms. The molecule has 2 atom stereocenters. The van der Waals surface area contributed by atoms with Gasteiger partial charge < -0.3 is 15.7 Å². The van der Waals surface area contributed by atoms with Crippen LogP contribution in [0.3, 0.4) is 0 Å². The topological polar surface area (TPSA) is 75.0 Å². The van der Waals surface area contributed by atoms with E-state index in [2.05, 4.69) is 45.2 Å². The molecule has 6 nitrogen and oxygen atoms in total. The number of benzene rings is 1. The van der Waals surface area contributed by atoms with Gasteiger partial charge in [0, 0.05) is 18.2 Å². The van der Waals surface area contributed by atoms with Gasteiger partial charge in [-0.25, -0.2) is 0 Å². The fourth-order valence-electron chi connectivity index (χ4n) is 4.38. The predicted octanol–water partition coefficient (Wildman–Crippen LogP) is 0.995. The fraction of sp³-hybridized carbons (Fsp3) is 0.556. The van der Waals surface area contributed by atoms with E-state index in [9.17, 15) is 5.11 Å². The molecule has 1 fully saturated rings. The van der Waals surface area contributed by atoms with Crippen molar-refractivity contribution < 1.29 is 5.11 Å². The number of aromatic nitrogens is 3. The van der Waals surface area contributed by atoms with Crippen LogP contribution >= 0.6 is 0 Å².